The fourth-order valence-corrected chi connectivity index (χ4v) is 3.71. The zero-order valence-corrected chi connectivity index (χ0v) is 14.5. The number of carboxylic acids is 1. The van der Waals surface area contributed by atoms with Gasteiger partial charge in [0.1, 0.15) is 6.04 Å². The summed E-state index contributed by atoms with van der Waals surface area (Å²) >= 11 is 3.61. The number of carboxylic acid groups (broad SMARTS) is 1. The van der Waals surface area contributed by atoms with Crippen LogP contribution in [0.5, 0.6) is 0 Å². The van der Waals surface area contributed by atoms with Crippen molar-refractivity contribution in [2.75, 3.05) is 6.54 Å². The Hall–Kier alpha value is -1.72. The van der Waals surface area contributed by atoms with E-state index in [0.29, 0.717) is 6.42 Å². The highest BCUT2D eigenvalue weighted by atomic mass is 79.9. The molecular weight excluding hydrogens is 356 g/mol. The number of hydrogen-bond donors (Lipinski definition) is 1. The van der Waals surface area contributed by atoms with Gasteiger partial charge in [-0.05, 0) is 43.0 Å². The summed E-state index contributed by atoms with van der Waals surface area (Å²) in [5, 5.41) is 9.57. The van der Waals surface area contributed by atoms with E-state index in [9.17, 15) is 9.90 Å². The first-order valence-corrected chi connectivity index (χ1v) is 8.53. The van der Waals surface area contributed by atoms with Gasteiger partial charge in [0.25, 0.3) is 0 Å². The second kappa shape index (κ2) is 6.81. The van der Waals surface area contributed by atoms with Gasteiger partial charge in [0, 0.05) is 17.2 Å². The van der Waals surface area contributed by atoms with Crippen molar-refractivity contribution in [2.24, 2.45) is 0 Å². The minimum atomic E-state index is -0.758. The molecule has 2 heterocycles. The van der Waals surface area contributed by atoms with Crippen molar-refractivity contribution in [3.05, 3.63) is 63.9 Å². The van der Waals surface area contributed by atoms with Gasteiger partial charge in [0.15, 0.2) is 0 Å². The number of pyridine rings is 1. The van der Waals surface area contributed by atoms with Gasteiger partial charge in [0.2, 0.25) is 0 Å². The zero-order chi connectivity index (χ0) is 16.4. The lowest BCUT2D eigenvalue weighted by Crippen LogP contribution is -2.39. The lowest BCUT2D eigenvalue weighted by atomic mass is 10.00. The summed E-state index contributed by atoms with van der Waals surface area (Å²) in [5.41, 5.74) is 3.03. The number of likely N-dealkylation sites (tertiary alicyclic amines) is 1. The third kappa shape index (κ3) is 3.31. The molecule has 1 aromatic heterocycles. The summed E-state index contributed by atoms with van der Waals surface area (Å²) < 4.78 is 0.975. The molecule has 1 aliphatic rings. The van der Waals surface area contributed by atoms with Crippen LogP contribution in [0.4, 0.5) is 0 Å². The highest BCUT2D eigenvalue weighted by molar-refractivity contribution is 9.10. The fraction of sp³-hybridized carbons (Fsp3) is 0.333. The van der Waals surface area contributed by atoms with Crippen LogP contribution in [0.2, 0.25) is 0 Å². The quantitative estimate of drug-likeness (QED) is 0.884. The largest absolute Gasteiger partial charge is 0.480 e. The Bertz CT molecular complexity index is 702. The van der Waals surface area contributed by atoms with Crippen LogP contribution in [0.25, 0.3) is 0 Å². The molecule has 5 heteroatoms. The Balaban J connectivity index is 2.08. The van der Waals surface area contributed by atoms with Gasteiger partial charge < -0.3 is 5.11 Å². The summed E-state index contributed by atoms with van der Waals surface area (Å²) in [4.78, 5) is 18.3. The van der Waals surface area contributed by atoms with E-state index < -0.39 is 12.0 Å². The highest BCUT2D eigenvalue weighted by Gasteiger charge is 2.37. The van der Waals surface area contributed by atoms with Crippen LogP contribution in [0, 0.1) is 6.92 Å². The SMILES string of the molecule is Cc1ccc(C(c2ccccc2Br)N2CCCC2C(=O)O)nc1. The van der Waals surface area contributed by atoms with Crippen molar-refractivity contribution in [2.45, 2.75) is 31.8 Å². The van der Waals surface area contributed by atoms with Crippen LogP contribution >= 0.6 is 15.9 Å². The van der Waals surface area contributed by atoms with Gasteiger partial charge >= 0.3 is 5.97 Å². The van der Waals surface area contributed by atoms with E-state index in [0.717, 1.165) is 34.3 Å². The predicted octanol–water partition coefficient (Wildman–Crippen LogP) is 3.79. The number of halogens is 1. The molecule has 3 rings (SSSR count). The highest BCUT2D eigenvalue weighted by Crippen LogP contribution is 2.37. The molecular formula is C18H19BrN2O2. The number of aliphatic carboxylic acids is 1. The summed E-state index contributed by atoms with van der Waals surface area (Å²) in [7, 11) is 0. The maximum atomic E-state index is 11.6. The van der Waals surface area contributed by atoms with E-state index in [2.05, 4.69) is 25.8 Å². The van der Waals surface area contributed by atoms with Gasteiger partial charge in [0.05, 0.1) is 11.7 Å². The van der Waals surface area contributed by atoms with E-state index in [1.807, 2.05) is 49.5 Å². The average molecular weight is 375 g/mol. The first kappa shape index (κ1) is 16.1. The van der Waals surface area contributed by atoms with Crippen molar-refractivity contribution < 1.29 is 9.90 Å². The van der Waals surface area contributed by atoms with Gasteiger partial charge in [-0.15, -0.1) is 0 Å². The van der Waals surface area contributed by atoms with Crippen LogP contribution in [-0.4, -0.2) is 33.5 Å². The summed E-state index contributed by atoms with van der Waals surface area (Å²) in [6, 6.07) is 11.4. The van der Waals surface area contributed by atoms with Crippen molar-refractivity contribution in [1.82, 2.24) is 9.88 Å². The molecule has 2 aromatic rings. The molecule has 2 unspecified atom stereocenters. The molecule has 0 bridgehead atoms. The summed E-state index contributed by atoms with van der Waals surface area (Å²) in [6.45, 7) is 2.76. The smallest absolute Gasteiger partial charge is 0.320 e. The molecule has 4 nitrogen and oxygen atoms in total. The zero-order valence-electron chi connectivity index (χ0n) is 12.9. The first-order valence-electron chi connectivity index (χ1n) is 7.73. The maximum absolute atomic E-state index is 11.6. The minimum absolute atomic E-state index is 0.158. The van der Waals surface area contributed by atoms with Crippen LogP contribution in [0.3, 0.4) is 0 Å². The Morgan fingerprint density at radius 2 is 2.13 bits per heavy atom. The number of aryl methyl sites for hydroxylation is 1. The molecule has 0 spiro atoms. The second-order valence-electron chi connectivity index (χ2n) is 5.92. The molecule has 2 atom stereocenters. The Labute approximate surface area is 144 Å². The summed E-state index contributed by atoms with van der Waals surface area (Å²) in [6.07, 6.45) is 3.41. The molecule has 1 aliphatic heterocycles. The van der Waals surface area contributed by atoms with Gasteiger partial charge in [-0.25, -0.2) is 0 Å². The third-order valence-electron chi connectivity index (χ3n) is 4.33. The molecule has 23 heavy (non-hydrogen) atoms. The molecule has 1 aromatic carbocycles. The molecule has 1 N–H and O–H groups in total. The lowest BCUT2D eigenvalue weighted by molar-refractivity contribution is -0.142. The van der Waals surface area contributed by atoms with Gasteiger partial charge in [-0.3, -0.25) is 14.7 Å². The van der Waals surface area contributed by atoms with Crippen LogP contribution in [0.15, 0.2) is 47.1 Å². The number of hydrogen-bond acceptors (Lipinski definition) is 3. The number of rotatable bonds is 4. The van der Waals surface area contributed by atoms with Crippen LogP contribution in [0.1, 0.15) is 35.7 Å². The second-order valence-corrected chi connectivity index (χ2v) is 6.77. The molecule has 120 valence electrons. The molecule has 1 saturated heterocycles. The number of aromatic nitrogens is 1. The molecule has 0 saturated carbocycles. The summed E-state index contributed by atoms with van der Waals surface area (Å²) in [5.74, 6) is -0.758. The van der Waals surface area contributed by atoms with Gasteiger partial charge in [-0.2, -0.15) is 0 Å². The fourth-order valence-electron chi connectivity index (χ4n) is 3.21. The van der Waals surface area contributed by atoms with E-state index in [1.54, 1.807) is 0 Å². The monoisotopic (exact) mass is 374 g/mol. The topological polar surface area (TPSA) is 53.4 Å². The van der Waals surface area contributed by atoms with Crippen molar-refractivity contribution in [3.8, 4) is 0 Å². The van der Waals surface area contributed by atoms with E-state index in [-0.39, 0.29) is 6.04 Å². The van der Waals surface area contributed by atoms with E-state index in [1.165, 1.54) is 0 Å². The van der Waals surface area contributed by atoms with E-state index >= 15 is 0 Å². The number of benzene rings is 1. The molecule has 0 radical (unpaired) electrons. The Morgan fingerprint density at radius 1 is 1.35 bits per heavy atom. The predicted molar refractivity (Wildman–Crippen MR) is 92.3 cm³/mol. The maximum Gasteiger partial charge on any atom is 0.320 e. The van der Waals surface area contributed by atoms with Gasteiger partial charge in [-0.1, -0.05) is 40.2 Å². The molecule has 1 fully saturated rings. The number of nitrogens with zero attached hydrogens (tertiary/aromatic N) is 2. The third-order valence-corrected chi connectivity index (χ3v) is 5.05. The van der Waals surface area contributed by atoms with Crippen LogP contribution < -0.4 is 0 Å². The standard InChI is InChI=1S/C18H19BrN2O2/c1-12-8-9-15(20-11-12)17(13-5-2-3-6-14(13)19)21-10-4-7-16(21)18(22)23/h2-3,5-6,8-9,11,16-17H,4,7,10H2,1H3,(H,22,23). The van der Waals surface area contributed by atoms with Crippen LogP contribution in [-0.2, 0) is 4.79 Å². The van der Waals surface area contributed by atoms with Crippen molar-refractivity contribution >= 4 is 21.9 Å². The van der Waals surface area contributed by atoms with E-state index in [4.69, 9.17) is 0 Å². The Kier molecular flexibility index (Phi) is 4.78. The Morgan fingerprint density at radius 3 is 2.78 bits per heavy atom. The van der Waals surface area contributed by atoms with Crippen molar-refractivity contribution in [3.63, 3.8) is 0 Å². The lowest BCUT2D eigenvalue weighted by Gasteiger charge is -2.31. The normalized spacial score (nSPS) is 19.7. The average Bonchev–Trinajstić information content (AvgIpc) is 3.01. The van der Waals surface area contributed by atoms with Crippen molar-refractivity contribution in [1.29, 1.82) is 0 Å². The number of carbonyl (C=O) groups is 1. The molecule has 0 aliphatic carbocycles. The first-order chi connectivity index (χ1) is 11.1. The minimum Gasteiger partial charge on any atom is -0.480 e. The molecule has 0 amide bonds.